The Hall–Kier alpha value is -1.84. The van der Waals surface area contributed by atoms with Crippen molar-refractivity contribution in [2.45, 2.75) is 26.4 Å². The number of halogens is 4. The first-order valence-electron chi connectivity index (χ1n) is 4.55. The summed E-state index contributed by atoms with van der Waals surface area (Å²) in [6, 6.07) is 2.90. The maximum absolute atomic E-state index is 12.5. The summed E-state index contributed by atoms with van der Waals surface area (Å²) in [6.45, 7) is 0.431. The number of nitriles is 1. The van der Waals surface area contributed by atoms with E-state index in [2.05, 4.69) is 9.72 Å². The molecule has 1 aromatic rings. The highest BCUT2D eigenvalue weighted by molar-refractivity contribution is 5.34. The smallest absolute Gasteiger partial charge is 0.388 e. The van der Waals surface area contributed by atoms with E-state index in [1.54, 1.807) is 6.07 Å². The van der Waals surface area contributed by atoms with E-state index in [-0.39, 0.29) is 23.2 Å². The molecular weight excluding hydrogens is 240 g/mol. The van der Waals surface area contributed by atoms with Gasteiger partial charge in [-0.15, -0.1) is 13.2 Å². The van der Waals surface area contributed by atoms with Crippen LogP contribution in [0.4, 0.5) is 17.6 Å². The van der Waals surface area contributed by atoms with Crippen LogP contribution in [0.3, 0.4) is 0 Å². The first-order valence-corrected chi connectivity index (χ1v) is 4.55. The second-order valence-electron chi connectivity index (χ2n) is 3.23. The van der Waals surface area contributed by atoms with Crippen LogP contribution in [0.2, 0.25) is 0 Å². The van der Waals surface area contributed by atoms with Gasteiger partial charge in [-0.1, -0.05) is 0 Å². The van der Waals surface area contributed by atoms with Gasteiger partial charge >= 0.3 is 6.36 Å². The van der Waals surface area contributed by atoms with Crippen LogP contribution in [-0.2, 0) is 13.1 Å². The maximum Gasteiger partial charge on any atom is 0.574 e. The van der Waals surface area contributed by atoms with Gasteiger partial charge in [-0.05, 0) is 13.0 Å². The van der Waals surface area contributed by atoms with E-state index in [1.807, 2.05) is 0 Å². The van der Waals surface area contributed by atoms with Crippen molar-refractivity contribution in [3.05, 3.63) is 22.9 Å². The number of pyridine rings is 1. The predicted octanol–water partition coefficient (Wildman–Crippen LogP) is 2.82. The molecule has 0 aliphatic heterocycles. The van der Waals surface area contributed by atoms with Gasteiger partial charge in [-0.3, -0.25) is 0 Å². The van der Waals surface area contributed by atoms with Crippen molar-refractivity contribution < 1.29 is 22.3 Å². The lowest BCUT2D eigenvalue weighted by atomic mass is 10.1. The lowest BCUT2D eigenvalue weighted by molar-refractivity contribution is -0.276. The normalized spacial score (nSPS) is 11.1. The zero-order chi connectivity index (χ0) is 13.1. The Kier molecular flexibility index (Phi) is 3.89. The van der Waals surface area contributed by atoms with Crippen LogP contribution in [0.15, 0.2) is 6.07 Å². The van der Waals surface area contributed by atoms with Crippen molar-refractivity contribution in [2.75, 3.05) is 0 Å². The molecule has 7 heteroatoms. The molecule has 0 unspecified atom stereocenters. The van der Waals surface area contributed by atoms with Crippen LogP contribution in [0.1, 0.15) is 16.8 Å². The van der Waals surface area contributed by atoms with Gasteiger partial charge in [0.05, 0.1) is 18.2 Å². The third-order valence-electron chi connectivity index (χ3n) is 1.94. The Balaban J connectivity index is 3.16. The average molecular weight is 248 g/mol. The molecule has 92 valence electrons. The van der Waals surface area contributed by atoms with E-state index in [4.69, 9.17) is 5.26 Å². The summed E-state index contributed by atoms with van der Waals surface area (Å²) in [7, 11) is 0. The maximum atomic E-state index is 12.5. The van der Waals surface area contributed by atoms with Crippen LogP contribution >= 0.6 is 0 Å². The van der Waals surface area contributed by atoms with Crippen LogP contribution in [0.25, 0.3) is 0 Å². The lowest BCUT2D eigenvalue weighted by Crippen LogP contribution is -2.19. The SMILES string of the molecule is Cc1cc(CF)c(CC#N)nc1OC(F)(F)F. The molecule has 0 saturated carbocycles. The standard InChI is InChI=1S/C10H8F4N2O/c1-6-4-7(5-11)8(2-3-15)16-9(6)17-10(12,13)14/h4H,2,5H2,1H3. The summed E-state index contributed by atoms with van der Waals surface area (Å²) in [5.74, 6) is -0.653. The molecular formula is C10H8F4N2O. The fourth-order valence-electron chi connectivity index (χ4n) is 1.25. The second-order valence-corrected chi connectivity index (χ2v) is 3.23. The number of rotatable bonds is 3. The lowest BCUT2D eigenvalue weighted by Gasteiger charge is -2.12. The molecule has 0 N–H and O–H groups in total. The summed E-state index contributed by atoms with van der Waals surface area (Å²) >= 11 is 0. The van der Waals surface area contributed by atoms with E-state index >= 15 is 0 Å². The van der Waals surface area contributed by atoms with Gasteiger partial charge in [0.15, 0.2) is 0 Å². The van der Waals surface area contributed by atoms with Gasteiger partial charge < -0.3 is 4.74 Å². The number of hydrogen-bond donors (Lipinski definition) is 0. The summed E-state index contributed by atoms with van der Waals surface area (Å²) in [5.41, 5.74) is 0.120. The van der Waals surface area contributed by atoms with Crippen molar-refractivity contribution in [3.63, 3.8) is 0 Å². The third-order valence-corrected chi connectivity index (χ3v) is 1.94. The summed E-state index contributed by atoms with van der Waals surface area (Å²) < 4.78 is 52.3. The first-order chi connectivity index (χ1) is 7.87. The predicted molar refractivity (Wildman–Crippen MR) is 49.8 cm³/mol. The van der Waals surface area contributed by atoms with Gasteiger partial charge in [0.25, 0.3) is 0 Å². The van der Waals surface area contributed by atoms with Crippen molar-refractivity contribution >= 4 is 0 Å². The van der Waals surface area contributed by atoms with E-state index in [9.17, 15) is 17.6 Å². The van der Waals surface area contributed by atoms with Crippen LogP contribution in [0.5, 0.6) is 5.88 Å². The highest BCUT2D eigenvalue weighted by Crippen LogP contribution is 2.26. The molecule has 0 saturated heterocycles. The second kappa shape index (κ2) is 4.99. The summed E-state index contributed by atoms with van der Waals surface area (Å²) in [4.78, 5) is 3.51. The third kappa shape index (κ3) is 3.59. The number of alkyl halides is 4. The van der Waals surface area contributed by atoms with Crippen molar-refractivity contribution in [2.24, 2.45) is 0 Å². The Labute approximate surface area is 94.6 Å². The van der Waals surface area contributed by atoms with Gasteiger partial charge in [-0.25, -0.2) is 9.37 Å². The fourth-order valence-corrected chi connectivity index (χ4v) is 1.25. The minimum Gasteiger partial charge on any atom is -0.388 e. The molecule has 0 aliphatic carbocycles. The molecule has 1 rings (SSSR count). The van der Waals surface area contributed by atoms with Crippen LogP contribution in [0, 0.1) is 18.3 Å². The number of ether oxygens (including phenoxy) is 1. The molecule has 0 spiro atoms. The highest BCUT2D eigenvalue weighted by atomic mass is 19.4. The van der Waals surface area contributed by atoms with Gasteiger partial charge in [0.1, 0.15) is 6.67 Å². The minimum absolute atomic E-state index is 0.0418. The van der Waals surface area contributed by atoms with Crippen molar-refractivity contribution in [1.29, 1.82) is 5.26 Å². The fraction of sp³-hybridized carbons (Fsp3) is 0.400. The first kappa shape index (κ1) is 13.2. The van der Waals surface area contributed by atoms with Gasteiger partial charge in [-0.2, -0.15) is 5.26 Å². The van der Waals surface area contributed by atoms with Crippen LogP contribution < -0.4 is 4.74 Å². The molecule has 1 heterocycles. The van der Waals surface area contributed by atoms with E-state index in [0.717, 1.165) is 0 Å². The highest BCUT2D eigenvalue weighted by Gasteiger charge is 2.32. The monoisotopic (exact) mass is 248 g/mol. The molecule has 1 aromatic heterocycles. The molecule has 3 nitrogen and oxygen atoms in total. The average Bonchev–Trinajstić information content (AvgIpc) is 2.21. The van der Waals surface area contributed by atoms with Gasteiger partial charge in [0, 0.05) is 11.1 Å². The molecule has 0 aromatic carbocycles. The molecule has 0 amide bonds. The van der Waals surface area contributed by atoms with E-state index in [1.165, 1.54) is 13.0 Å². The topological polar surface area (TPSA) is 45.9 Å². The number of aromatic nitrogens is 1. The Morgan fingerprint density at radius 1 is 1.47 bits per heavy atom. The summed E-state index contributed by atoms with van der Waals surface area (Å²) in [6.07, 6.45) is -5.13. The van der Waals surface area contributed by atoms with Crippen molar-refractivity contribution in [1.82, 2.24) is 4.98 Å². The molecule has 0 radical (unpaired) electrons. The molecule has 0 aliphatic rings. The minimum atomic E-state index is -4.86. The number of hydrogen-bond acceptors (Lipinski definition) is 3. The van der Waals surface area contributed by atoms with Crippen LogP contribution in [-0.4, -0.2) is 11.3 Å². The van der Waals surface area contributed by atoms with E-state index in [0.29, 0.717) is 0 Å². The largest absolute Gasteiger partial charge is 0.574 e. The zero-order valence-electron chi connectivity index (χ0n) is 8.81. The van der Waals surface area contributed by atoms with Gasteiger partial charge in [0.2, 0.25) is 5.88 Å². The Morgan fingerprint density at radius 3 is 2.59 bits per heavy atom. The molecule has 0 fully saturated rings. The number of aryl methyl sites for hydroxylation is 1. The Morgan fingerprint density at radius 2 is 2.12 bits per heavy atom. The summed E-state index contributed by atoms with van der Waals surface area (Å²) in [5, 5.41) is 8.46. The molecule has 17 heavy (non-hydrogen) atoms. The zero-order valence-corrected chi connectivity index (χ0v) is 8.81. The quantitative estimate of drug-likeness (QED) is 0.772. The van der Waals surface area contributed by atoms with E-state index < -0.39 is 18.9 Å². The Bertz CT molecular complexity index is 451. The number of nitrogens with zero attached hydrogens (tertiary/aromatic N) is 2. The molecule has 0 bridgehead atoms. The molecule has 0 atom stereocenters. The van der Waals surface area contributed by atoms with Crippen molar-refractivity contribution in [3.8, 4) is 11.9 Å².